The molecule has 8 heteroatoms. The quantitative estimate of drug-likeness (QED) is 0.718. The van der Waals surface area contributed by atoms with Gasteiger partial charge >= 0.3 is 0 Å². The fraction of sp³-hybridized carbons (Fsp3) is 0.312. The molecule has 1 fully saturated rings. The van der Waals surface area contributed by atoms with Gasteiger partial charge in [0.05, 0.1) is 12.2 Å². The zero-order valence-corrected chi connectivity index (χ0v) is 14.0. The number of rotatable bonds is 4. The summed E-state index contributed by atoms with van der Waals surface area (Å²) in [5.41, 5.74) is 1.67. The molecule has 1 aliphatic rings. The van der Waals surface area contributed by atoms with Gasteiger partial charge in [-0.3, -0.25) is 9.78 Å². The first-order chi connectivity index (χ1) is 11.7. The largest absolute Gasteiger partial charge is 0.346 e. The molecular formula is C16H16N6OS. The maximum atomic E-state index is 12.1. The highest BCUT2D eigenvalue weighted by Gasteiger charge is 2.29. The van der Waals surface area contributed by atoms with Crippen LogP contribution in [-0.2, 0) is 6.54 Å². The molecule has 0 aromatic carbocycles. The first kappa shape index (κ1) is 14.9. The molecule has 0 saturated carbocycles. The van der Waals surface area contributed by atoms with Gasteiger partial charge in [0.1, 0.15) is 5.01 Å². The van der Waals surface area contributed by atoms with Crippen LogP contribution >= 0.6 is 11.3 Å². The third kappa shape index (κ3) is 2.92. The summed E-state index contributed by atoms with van der Waals surface area (Å²) in [7, 11) is 0. The van der Waals surface area contributed by atoms with Gasteiger partial charge in [0.2, 0.25) is 5.13 Å². The van der Waals surface area contributed by atoms with Gasteiger partial charge in [0.25, 0.3) is 5.56 Å². The van der Waals surface area contributed by atoms with Crippen LogP contribution < -0.4 is 10.5 Å². The van der Waals surface area contributed by atoms with Crippen molar-refractivity contribution in [2.24, 2.45) is 5.92 Å². The van der Waals surface area contributed by atoms with Crippen LogP contribution in [0.5, 0.6) is 0 Å². The second-order valence-corrected chi connectivity index (χ2v) is 7.01. The lowest BCUT2D eigenvalue weighted by atomic mass is 10.0. The van der Waals surface area contributed by atoms with Gasteiger partial charge < -0.3 is 4.90 Å². The molecule has 0 aliphatic carbocycles. The molecule has 0 radical (unpaired) electrons. The molecule has 7 nitrogen and oxygen atoms in total. The van der Waals surface area contributed by atoms with Gasteiger partial charge in [-0.15, -0.1) is 10.2 Å². The molecule has 1 saturated heterocycles. The molecule has 0 spiro atoms. The van der Waals surface area contributed by atoms with E-state index in [-0.39, 0.29) is 5.56 Å². The van der Waals surface area contributed by atoms with Crippen molar-refractivity contribution in [2.45, 2.75) is 13.5 Å². The van der Waals surface area contributed by atoms with E-state index >= 15 is 0 Å². The third-order valence-electron chi connectivity index (χ3n) is 4.02. The molecule has 1 aliphatic heterocycles. The lowest BCUT2D eigenvalue weighted by molar-refractivity contribution is 0.334. The molecule has 3 aromatic rings. The van der Waals surface area contributed by atoms with Crippen molar-refractivity contribution in [3.8, 4) is 11.3 Å². The molecule has 0 bridgehead atoms. The smallest absolute Gasteiger partial charge is 0.266 e. The molecule has 24 heavy (non-hydrogen) atoms. The minimum absolute atomic E-state index is 0.0713. The Morgan fingerprint density at radius 1 is 1.17 bits per heavy atom. The van der Waals surface area contributed by atoms with Gasteiger partial charge in [-0.25, -0.2) is 4.68 Å². The van der Waals surface area contributed by atoms with E-state index in [1.165, 1.54) is 0 Å². The first-order valence-electron chi connectivity index (χ1n) is 7.72. The zero-order valence-electron chi connectivity index (χ0n) is 13.2. The average molecular weight is 340 g/mol. The number of pyridine rings is 1. The van der Waals surface area contributed by atoms with Crippen molar-refractivity contribution in [1.29, 1.82) is 0 Å². The minimum atomic E-state index is -0.0713. The molecule has 0 amide bonds. The maximum Gasteiger partial charge on any atom is 0.266 e. The van der Waals surface area contributed by atoms with E-state index < -0.39 is 0 Å². The molecule has 4 heterocycles. The van der Waals surface area contributed by atoms with Crippen molar-refractivity contribution in [3.05, 3.63) is 52.0 Å². The van der Waals surface area contributed by atoms with E-state index in [0.29, 0.717) is 12.5 Å². The normalized spacial score (nSPS) is 14.6. The van der Waals surface area contributed by atoms with Gasteiger partial charge in [-0.05, 0) is 25.1 Å². The van der Waals surface area contributed by atoms with Crippen LogP contribution in [0, 0.1) is 12.8 Å². The van der Waals surface area contributed by atoms with Crippen molar-refractivity contribution >= 4 is 16.5 Å². The molecular weight excluding hydrogens is 324 g/mol. The zero-order chi connectivity index (χ0) is 16.5. The van der Waals surface area contributed by atoms with E-state index in [1.807, 2.05) is 19.1 Å². The standard InChI is InChI=1S/C16H16N6OS/c1-11-18-19-16(24-11)21-8-12(9-21)10-22-15(23)3-2-14(20-22)13-4-6-17-7-5-13/h2-7,12H,8-10H2,1H3. The van der Waals surface area contributed by atoms with E-state index in [4.69, 9.17) is 0 Å². The second-order valence-electron chi connectivity index (χ2n) is 5.85. The van der Waals surface area contributed by atoms with Crippen molar-refractivity contribution in [1.82, 2.24) is 25.0 Å². The van der Waals surface area contributed by atoms with E-state index in [9.17, 15) is 4.79 Å². The molecule has 0 atom stereocenters. The molecule has 0 N–H and O–H groups in total. The van der Waals surface area contributed by atoms with E-state index in [1.54, 1.807) is 40.5 Å². The number of aromatic nitrogens is 5. The second kappa shape index (κ2) is 6.12. The van der Waals surface area contributed by atoms with E-state index in [2.05, 4.69) is 25.2 Å². The van der Waals surface area contributed by atoms with Crippen LogP contribution in [0.15, 0.2) is 41.5 Å². The van der Waals surface area contributed by atoms with Crippen molar-refractivity contribution < 1.29 is 0 Å². The van der Waals surface area contributed by atoms with Crippen molar-refractivity contribution in [2.75, 3.05) is 18.0 Å². The average Bonchev–Trinajstić information content (AvgIpc) is 2.99. The van der Waals surface area contributed by atoms with Crippen LogP contribution in [0.2, 0.25) is 0 Å². The van der Waals surface area contributed by atoms with Crippen LogP contribution in [0.4, 0.5) is 5.13 Å². The van der Waals surface area contributed by atoms with E-state index in [0.717, 1.165) is 34.5 Å². The Morgan fingerprint density at radius 3 is 2.67 bits per heavy atom. The van der Waals surface area contributed by atoms with Crippen LogP contribution in [-0.4, -0.2) is 38.1 Å². The molecule has 122 valence electrons. The summed E-state index contributed by atoms with van der Waals surface area (Å²) >= 11 is 1.60. The highest BCUT2D eigenvalue weighted by atomic mass is 32.1. The fourth-order valence-electron chi connectivity index (χ4n) is 2.76. The number of hydrogen-bond donors (Lipinski definition) is 0. The summed E-state index contributed by atoms with van der Waals surface area (Å²) in [4.78, 5) is 18.3. The Bertz CT molecular complexity index is 900. The summed E-state index contributed by atoms with van der Waals surface area (Å²) in [5.74, 6) is 0.395. The van der Waals surface area contributed by atoms with Crippen LogP contribution in [0.3, 0.4) is 0 Å². The number of nitrogens with zero attached hydrogens (tertiary/aromatic N) is 6. The lowest BCUT2D eigenvalue weighted by Gasteiger charge is -2.38. The maximum absolute atomic E-state index is 12.1. The lowest BCUT2D eigenvalue weighted by Crippen LogP contribution is -2.49. The Kier molecular flexibility index (Phi) is 3.81. The first-order valence-corrected chi connectivity index (χ1v) is 8.54. The summed E-state index contributed by atoms with van der Waals surface area (Å²) in [5, 5.41) is 14.6. The molecule has 0 unspecified atom stereocenters. The Morgan fingerprint density at radius 2 is 1.96 bits per heavy atom. The van der Waals surface area contributed by atoms with Crippen LogP contribution in [0.1, 0.15) is 5.01 Å². The Balaban J connectivity index is 1.47. The topological polar surface area (TPSA) is 76.8 Å². The van der Waals surface area contributed by atoms with Gasteiger partial charge in [-0.1, -0.05) is 11.3 Å². The highest BCUT2D eigenvalue weighted by molar-refractivity contribution is 7.15. The summed E-state index contributed by atoms with van der Waals surface area (Å²) in [6.07, 6.45) is 3.45. The van der Waals surface area contributed by atoms with Gasteiger partial charge in [0, 0.05) is 43.0 Å². The van der Waals surface area contributed by atoms with Crippen molar-refractivity contribution in [3.63, 3.8) is 0 Å². The predicted octanol–water partition coefficient (Wildman–Crippen LogP) is 1.60. The van der Waals surface area contributed by atoms with Gasteiger partial charge in [0.15, 0.2) is 0 Å². The monoisotopic (exact) mass is 340 g/mol. The highest BCUT2D eigenvalue weighted by Crippen LogP contribution is 2.27. The summed E-state index contributed by atoms with van der Waals surface area (Å²) in [6.45, 7) is 4.32. The predicted molar refractivity (Wildman–Crippen MR) is 92.1 cm³/mol. The number of anilines is 1. The van der Waals surface area contributed by atoms with Gasteiger partial charge in [-0.2, -0.15) is 5.10 Å². The summed E-state index contributed by atoms with van der Waals surface area (Å²) in [6, 6.07) is 7.11. The Hall–Kier alpha value is -2.61. The molecule has 3 aromatic heterocycles. The Labute approximate surface area is 142 Å². The SMILES string of the molecule is Cc1nnc(N2CC(Cn3nc(-c4ccncc4)ccc3=O)C2)s1. The number of hydrogen-bond acceptors (Lipinski definition) is 7. The van der Waals surface area contributed by atoms with Crippen LogP contribution in [0.25, 0.3) is 11.3 Å². The fourth-order valence-corrected chi connectivity index (χ4v) is 3.46. The third-order valence-corrected chi connectivity index (χ3v) is 4.92. The molecule has 4 rings (SSSR count). The summed E-state index contributed by atoms with van der Waals surface area (Å²) < 4.78 is 1.56. The minimum Gasteiger partial charge on any atom is -0.346 e. The number of aryl methyl sites for hydroxylation is 1.